The fourth-order valence-corrected chi connectivity index (χ4v) is 2.81. The third kappa shape index (κ3) is 2.02. The molecule has 1 aliphatic heterocycles. The Hall–Kier alpha value is -1.39. The molecule has 1 aliphatic rings. The van der Waals surface area contributed by atoms with E-state index in [9.17, 15) is 5.11 Å². The molecule has 1 saturated heterocycles. The van der Waals surface area contributed by atoms with Crippen LogP contribution in [0, 0.1) is 5.92 Å². The van der Waals surface area contributed by atoms with E-state index >= 15 is 0 Å². The molecule has 4 nitrogen and oxygen atoms in total. The number of aromatic nitrogens is 2. The van der Waals surface area contributed by atoms with Gasteiger partial charge in [-0.3, -0.25) is 4.68 Å². The monoisotopic (exact) mass is 245 g/mol. The number of hydrogen-bond acceptors (Lipinski definition) is 3. The summed E-state index contributed by atoms with van der Waals surface area (Å²) in [6, 6.07) is 8.27. The molecule has 0 bridgehead atoms. The number of hydrogen-bond donors (Lipinski definition) is 2. The predicted octanol–water partition coefficient (Wildman–Crippen LogP) is 1.09. The zero-order valence-corrected chi connectivity index (χ0v) is 10.6. The van der Waals surface area contributed by atoms with Gasteiger partial charge in [-0.25, -0.2) is 0 Å². The Bertz CT molecular complexity index is 549. The van der Waals surface area contributed by atoms with Crippen LogP contribution in [0.5, 0.6) is 0 Å². The predicted molar refractivity (Wildman–Crippen MR) is 71.4 cm³/mol. The largest absolute Gasteiger partial charge is 0.393 e. The van der Waals surface area contributed by atoms with Gasteiger partial charge in [-0.2, -0.15) is 5.10 Å². The Morgan fingerprint density at radius 2 is 2.28 bits per heavy atom. The summed E-state index contributed by atoms with van der Waals surface area (Å²) >= 11 is 0. The summed E-state index contributed by atoms with van der Waals surface area (Å²) in [5.74, 6) is 0.275. The van der Waals surface area contributed by atoms with E-state index in [1.807, 2.05) is 23.9 Å². The number of fused-ring (bicyclic) bond motifs is 1. The minimum Gasteiger partial charge on any atom is -0.393 e. The normalized spacial score (nSPS) is 24.6. The summed E-state index contributed by atoms with van der Waals surface area (Å²) in [6.07, 6.45) is 1.48. The third-order valence-electron chi connectivity index (χ3n) is 3.86. The Balaban J connectivity index is 1.90. The van der Waals surface area contributed by atoms with Gasteiger partial charge in [-0.15, -0.1) is 0 Å². The van der Waals surface area contributed by atoms with Crippen molar-refractivity contribution >= 4 is 10.9 Å². The van der Waals surface area contributed by atoms with Crippen molar-refractivity contribution in [1.29, 1.82) is 0 Å². The highest BCUT2D eigenvalue weighted by Crippen LogP contribution is 2.23. The van der Waals surface area contributed by atoms with Gasteiger partial charge < -0.3 is 10.4 Å². The second-order valence-electron chi connectivity index (χ2n) is 5.11. The van der Waals surface area contributed by atoms with Gasteiger partial charge in [-0.05, 0) is 25.5 Å². The first kappa shape index (κ1) is 11.7. The molecule has 1 aromatic carbocycles. The first-order chi connectivity index (χ1) is 8.75. The number of benzene rings is 1. The molecule has 0 spiro atoms. The van der Waals surface area contributed by atoms with E-state index in [2.05, 4.69) is 22.5 Å². The molecule has 2 unspecified atom stereocenters. The average molecular weight is 245 g/mol. The highest BCUT2D eigenvalue weighted by Gasteiger charge is 2.24. The molecule has 1 fully saturated rings. The smallest absolute Gasteiger partial charge is 0.0707 e. The third-order valence-corrected chi connectivity index (χ3v) is 3.86. The summed E-state index contributed by atoms with van der Waals surface area (Å²) in [5, 5.41) is 19.2. The lowest BCUT2D eigenvalue weighted by Gasteiger charge is -2.27. The number of aryl methyl sites for hydroxylation is 1. The maximum atomic E-state index is 10.0. The summed E-state index contributed by atoms with van der Waals surface area (Å²) in [5.41, 5.74) is 2.26. The summed E-state index contributed by atoms with van der Waals surface area (Å²) in [4.78, 5) is 0. The van der Waals surface area contributed by atoms with Crippen molar-refractivity contribution < 1.29 is 5.11 Å². The fraction of sp³-hybridized carbons (Fsp3) is 0.500. The molecule has 96 valence electrons. The van der Waals surface area contributed by atoms with Crippen LogP contribution in [0.3, 0.4) is 0 Å². The van der Waals surface area contributed by atoms with Crippen LogP contribution in [0.1, 0.15) is 12.1 Å². The quantitative estimate of drug-likeness (QED) is 0.832. The second kappa shape index (κ2) is 4.71. The van der Waals surface area contributed by atoms with Crippen molar-refractivity contribution in [2.24, 2.45) is 13.0 Å². The zero-order chi connectivity index (χ0) is 12.5. The minimum atomic E-state index is -0.202. The minimum absolute atomic E-state index is 0.202. The van der Waals surface area contributed by atoms with Gasteiger partial charge in [0.15, 0.2) is 0 Å². The molecule has 2 N–H and O–H groups in total. The van der Waals surface area contributed by atoms with Gasteiger partial charge in [0, 0.05) is 24.9 Å². The summed E-state index contributed by atoms with van der Waals surface area (Å²) < 4.78 is 1.92. The van der Waals surface area contributed by atoms with E-state index in [0.29, 0.717) is 0 Å². The van der Waals surface area contributed by atoms with Gasteiger partial charge in [0.1, 0.15) is 0 Å². The second-order valence-corrected chi connectivity index (χ2v) is 5.11. The van der Waals surface area contributed by atoms with Crippen molar-refractivity contribution in [2.75, 3.05) is 13.1 Å². The molecule has 18 heavy (non-hydrogen) atoms. The fourth-order valence-electron chi connectivity index (χ4n) is 2.81. The van der Waals surface area contributed by atoms with Crippen LogP contribution in [0.4, 0.5) is 0 Å². The van der Waals surface area contributed by atoms with E-state index in [-0.39, 0.29) is 12.0 Å². The Kier molecular flexibility index (Phi) is 3.06. The number of nitrogens with zero attached hydrogens (tertiary/aromatic N) is 2. The highest BCUT2D eigenvalue weighted by molar-refractivity contribution is 5.81. The topological polar surface area (TPSA) is 50.1 Å². The molecular weight excluding hydrogens is 226 g/mol. The maximum Gasteiger partial charge on any atom is 0.0707 e. The molecule has 0 amide bonds. The summed E-state index contributed by atoms with van der Waals surface area (Å²) in [6.45, 7) is 1.80. The van der Waals surface area contributed by atoms with Crippen molar-refractivity contribution in [3.8, 4) is 0 Å². The lowest BCUT2D eigenvalue weighted by molar-refractivity contribution is 0.0787. The molecule has 1 aromatic heterocycles. The van der Waals surface area contributed by atoms with Crippen LogP contribution in [0.25, 0.3) is 10.9 Å². The van der Waals surface area contributed by atoms with Crippen molar-refractivity contribution in [2.45, 2.75) is 18.9 Å². The van der Waals surface area contributed by atoms with Crippen molar-refractivity contribution in [3.63, 3.8) is 0 Å². The molecule has 0 radical (unpaired) electrons. The van der Waals surface area contributed by atoms with Crippen LogP contribution in [0.2, 0.25) is 0 Å². The van der Waals surface area contributed by atoms with Crippen LogP contribution in [-0.4, -0.2) is 34.1 Å². The van der Waals surface area contributed by atoms with Gasteiger partial charge in [0.05, 0.1) is 17.3 Å². The van der Waals surface area contributed by atoms with Gasteiger partial charge in [0.2, 0.25) is 0 Å². The number of aliphatic hydroxyl groups excluding tert-OH is 1. The number of para-hydroxylation sites is 1. The number of rotatable bonds is 2. The molecular formula is C14H19N3O. The van der Waals surface area contributed by atoms with Crippen molar-refractivity contribution in [1.82, 2.24) is 15.1 Å². The number of nitrogens with one attached hydrogen (secondary N) is 1. The van der Waals surface area contributed by atoms with E-state index in [1.54, 1.807) is 0 Å². The lowest BCUT2D eigenvalue weighted by atomic mass is 9.91. The van der Waals surface area contributed by atoms with E-state index in [1.165, 1.54) is 5.39 Å². The first-order valence-electron chi connectivity index (χ1n) is 6.55. The van der Waals surface area contributed by atoms with Crippen LogP contribution >= 0.6 is 0 Å². The highest BCUT2D eigenvalue weighted by atomic mass is 16.3. The molecule has 0 saturated carbocycles. The van der Waals surface area contributed by atoms with Gasteiger partial charge in [0.25, 0.3) is 0 Å². The molecule has 3 rings (SSSR count). The zero-order valence-electron chi connectivity index (χ0n) is 10.6. The van der Waals surface area contributed by atoms with Crippen LogP contribution in [0.15, 0.2) is 24.3 Å². The van der Waals surface area contributed by atoms with Gasteiger partial charge in [-0.1, -0.05) is 18.2 Å². The Morgan fingerprint density at radius 3 is 3.11 bits per heavy atom. The van der Waals surface area contributed by atoms with E-state index in [4.69, 9.17) is 0 Å². The maximum absolute atomic E-state index is 10.0. The standard InChI is InChI=1S/C14H19N3O/c1-17-13-5-3-2-4-11(13)12(16-17)8-10-9-15-7-6-14(10)18/h2-5,10,14-15,18H,6-9H2,1H3. The Morgan fingerprint density at radius 1 is 1.44 bits per heavy atom. The molecule has 2 heterocycles. The SMILES string of the molecule is Cn1nc(CC2CNCCC2O)c2ccccc21. The molecule has 2 atom stereocenters. The molecule has 4 heteroatoms. The Labute approximate surface area is 107 Å². The number of aliphatic hydroxyl groups is 1. The molecule has 2 aromatic rings. The van der Waals surface area contributed by atoms with E-state index in [0.717, 1.165) is 37.1 Å². The van der Waals surface area contributed by atoms with Crippen LogP contribution in [-0.2, 0) is 13.5 Å². The molecule has 0 aliphatic carbocycles. The van der Waals surface area contributed by atoms with E-state index < -0.39 is 0 Å². The first-order valence-corrected chi connectivity index (χ1v) is 6.55. The number of piperidine rings is 1. The summed E-state index contributed by atoms with van der Waals surface area (Å²) in [7, 11) is 1.97. The van der Waals surface area contributed by atoms with Gasteiger partial charge >= 0.3 is 0 Å². The van der Waals surface area contributed by atoms with Crippen LogP contribution < -0.4 is 5.32 Å². The lowest BCUT2D eigenvalue weighted by Crippen LogP contribution is -2.40. The van der Waals surface area contributed by atoms with Crippen molar-refractivity contribution in [3.05, 3.63) is 30.0 Å². The average Bonchev–Trinajstić information content (AvgIpc) is 2.70.